The van der Waals surface area contributed by atoms with Crippen molar-refractivity contribution in [2.45, 2.75) is 117 Å². The number of fused-ring (bicyclic) bond motifs is 2. The smallest absolute Gasteiger partial charge is 0.257 e. The van der Waals surface area contributed by atoms with E-state index in [-0.39, 0.29) is 17.7 Å². The van der Waals surface area contributed by atoms with Gasteiger partial charge in [0.05, 0.1) is 0 Å². The predicted molar refractivity (Wildman–Crippen MR) is 173 cm³/mol. The maximum atomic E-state index is 13.4. The van der Waals surface area contributed by atoms with E-state index in [9.17, 15) is 19.2 Å². The molecule has 1 heterocycles. The predicted octanol–water partition coefficient (Wildman–Crippen LogP) is 7.41. The second-order valence-electron chi connectivity index (χ2n) is 11.9. The summed E-state index contributed by atoms with van der Waals surface area (Å²) < 4.78 is 1.76. The molecule has 1 aromatic rings. The first-order valence-corrected chi connectivity index (χ1v) is 17.5. The molecule has 228 valence electrons. The summed E-state index contributed by atoms with van der Waals surface area (Å²) in [4.78, 5) is 53.4. The molecule has 1 aliphatic heterocycles. The van der Waals surface area contributed by atoms with Crippen LogP contribution in [0, 0.1) is 0 Å². The van der Waals surface area contributed by atoms with Crippen molar-refractivity contribution in [3.05, 3.63) is 53.5 Å². The topological polar surface area (TPSA) is 83.6 Å². The summed E-state index contributed by atoms with van der Waals surface area (Å²) in [5.41, 5.74) is 6.14. The number of allylic oxidation sites excluding steroid dienone is 1. The van der Waals surface area contributed by atoms with Crippen LogP contribution in [-0.2, 0) is 44.9 Å². The van der Waals surface area contributed by atoms with E-state index in [1.165, 1.54) is 49.8 Å². The lowest BCUT2D eigenvalue weighted by Gasteiger charge is -2.28. The van der Waals surface area contributed by atoms with Gasteiger partial charge in [0.2, 0.25) is 5.91 Å². The van der Waals surface area contributed by atoms with E-state index < -0.39 is 0 Å². The van der Waals surface area contributed by atoms with Crippen LogP contribution < -0.4 is 5.32 Å². The largest absolute Gasteiger partial charge is 0.352 e. The fourth-order valence-corrected chi connectivity index (χ4v) is 7.94. The van der Waals surface area contributed by atoms with Crippen LogP contribution in [0.15, 0.2) is 31.2 Å². The van der Waals surface area contributed by atoms with E-state index in [2.05, 4.69) is 51.0 Å². The van der Waals surface area contributed by atoms with Gasteiger partial charge < -0.3 is 5.32 Å². The van der Waals surface area contributed by atoms with Gasteiger partial charge in [0.1, 0.15) is 6.29 Å². The van der Waals surface area contributed by atoms with Crippen LogP contribution in [-0.4, -0.2) is 42.0 Å². The molecule has 0 aromatic heterocycles. The van der Waals surface area contributed by atoms with Crippen molar-refractivity contribution < 1.29 is 19.2 Å². The van der Waals surface area contributed by atoms with Crippen LogP contribution in [0.25, 0.3) is 0 Å². The van der Waals surface area contributed by atoms with Crippen LogP contribution in [0.5, 0.6) is 0 Å². The zero-order valence-electron chi connectivity index (χ0n) is 25.1. The molecule has 0 radical (unpaired) electrons. The van der Waals surface area contributed by atoms with Gasteiger partial charge in [-0.3, -0.25) is 24.1 Å². The number of halogens is 2. The summed E-state index contributed by atoms with van der Waals surface area (Å²) in [7, 11) is 0. The van der Waals surface area contributed by atoms with Crippen molar-refractivity contribution in [2.75, 3.05) is 13.1 Å². The van der Waals surface area contributed by atoms with Gasteiger partial charge in [0.15, 0.2) is 0 Å². The molecule has 4 rings (SSSR count). The number of nitrogens with zero attached hydrogens (tertiary/aromatic N) is 1. The molecule has 1 aromatic carbocycles. The molecule has 0 atom stereocenters. The molecule has 0 bridgehead atoms. The molecule has 1 N–H and O–H groups in total. The van der Waals surface area contributed by atoms with Gasteiger partial charge >= 0.3 is 0 Å². The fourth-order valence-electron chi connectivity index (χ4n) is 6.42. The Morgan fingerprint density at radius 2 is 1.19 bits per heavy atom. The van der Waals surface area contributed by atoms with Crippen LogP contribution in [0.1, 0.15) is 113 Å². The van der Waals surface area contributed by atoms with Crippen molar-refractivity contribution in [3.8, 4) is 0 Å². The summed E-state index contributed by atoms with van der Waals surface area (Å²) in [5.74, 6) is -0.496. The van der Waals surface area contributed by atoms with Crippen LogP contribution in [0.4, 0.5) is 0 Å². The number of carbonyl (C=O) groups is 4. The van der Waals surface area contributed by atoms with Gasteiger partial charge in [0, 0.05) is 70.0 Å². The third-order valence-electron chi connectivity index (χ3n) is 8.94. The molecule has 0 unspecified atom stereocenters. The van der Waals surface area contributed by atoms with Gasteiger partial charge in [-0.2, -0.15) is 0 Å². The number of carbonyl (C=O) groups excluding carboxylic acids is 4. The molecule has 0 fully saturated rings. The van der Waals surface area contributed by atoms with E-state index >= 15 is 0 Å². The maximum Gasteiger partial charge on any atom is 0.257 e. The maximum absolute atomic E-state index is 13.4. The highest BCUT2D eigenvalue weighted by Crippen LogP contribution is 2.45. The highest BCUT2D eigenvalue weighted by Gasteiger charge is 2.42. The van der Waals surface area contributed by atoms with Gasteiger partial charge in [-0.05, 0) is 35.1 Å². The first kappa shape index (κ1) is 32.8. The zero-order valence-corrected chi connectivity index (χ0v) is 28.3. The van der Waals surface area contributed by atoms with Crippen molar-refractivity contribution in [1.82, 2.24) is 10.2 Å². The van der Waals surface area contributed by atoms with Gasteiger partial charge in [-0.15, -0.1) is 0 Å². The van der Waals surface area contributed by atoms with Crippen LogP contribution in [0.3, 0.4) is 0 Å². The third-order valence-corrected chi connectivity index (χ3v) is 10.9. The van der Waals surface area contributed by atoms with Crippen molar-refractivity contribution in [3.63, 3.8) is 0 Å². The zero-order chi connectivity index (χ0) is 30.2. The molecule has 2 aliphatic carbocycles. The van der Waals surface area contributed by atoms with Crippen molar-refractivity contribution >= 4 is 55.9 Å². The molecule has 3 amide bonds. The summed E-state index contributed by atoms with van der Waals surface area (Å²) in [6, 6.07) is 0. The molecule has 42 heavy (non-hydrogen) atoms. The lowest BCUT2D eigenvalue weighted by molar-refractivity contribution is -0.137. The molecule has 0 spiro atoms. The van der Waals surface area contributed by atoms with Gasteiger partial charge in [-0.1, -0.05) is 110 Å². The van der Waals surface area contributed by atoms with Crippen LogP contribution in [0.2, 0.25) is 0 Å². The van der Waals surface area contributed by atoms with E-state index in [0.29, 0.717) is 61.1 Å². The summed E-state index contributed by atoms with van der Waals surface area (Å²) in [6.07, 6.45) is 15.7. The first-order chi connectivity index (χ1) is 20.3. The van der Waals surface area contributed by atoms with E-state index in [1.54, 1.807) is 0 Å². The Kier molecular flexibility index (Phi) is 12.2. The Hall–Kier alpha value is -2.06. The Labute approximate surface area is 267 Å². The van der Waals surface area contributed by atoms with E-state index in [0.717, 1.165) is 69.6 Å². The van der Waals surface area contributed by atoms with E-state index in [1.807, 2.05) is 0 Å². The average Bonchev–Trinajstić information content (AvgIpc) is 3.23. The van der Waals surface area contributed by atoms with Gasteiger partial charge in [0.25, 0.3) is 11.8 Å². The summed E-state index contributed by atoms with van der Waals surface area (Å²) >= 11 is 7.63. The minimum atomic E-state index is -0.177. The number of amides is 3. The molecule has 0 saturated carbocycles. The van der Waals surface area contributed by atoms with Gasteiger partial charge in [-0.25, -0.2) is 0 Å². The molecule has 6 nitrogen and oxygen atoms in total. The summed E-state index contributed by atoms with van der Waals surface area (Å²) in [6.45, 7) is 5.46. The highest BCUT2D eigenvalue weighted by molar-refractivity contribution is 9.11. The lowest BCUT2D eigenvalue weighted by atomic mass is 9.79. The fraction of sp³-hybridized carbons (Fsp3) is 0.588. The second kappa shape index (κ2) is 15.6. The number of hydrogen-bond acceptors (Lipinski definition) is 4. The van der Waals surface area contributed by atoms with Crippen LogP contribution >= 0.6 is 31.9 Å². The minimum Gasteiger partial charge on any atom is -0.352 e. The van der Waals surface area contributed by atoms with Crippen molar-refractivity contribution in [2.24, 2.45) is 0 Å². The minimum absolute atomic E-state index is 0.159. The summed E-state index contributed by atoms with van der Waals surface area (Å²) in [5, 5.41) is 3.03. The van der Waals surface area contributed by atoms with Crippen molar-refractivity contribution in [1.29, 1.82) is 0 Å². The average molecular weight is 705 g/mol. The number of rotatable bonds is 16. The molecular formula is C34H44Br2N2O4. The SMILES string of the molecule is CCCCCCCCNC(=O)C1=C(C=O)Cc2c(Br)c3c(c(Br)c2C1)CC1=C(C3)C(=O)N(CCCCCCCC)C1=O. The number of hydrogen-bond donors (Lipinski definition) is 1. The molecule has 0 saturated heterocycles. The standard InChI is InChI=1S/C34H44Br2N2O4/c1-3-5-7-9-11-13-15-37-32(40)23-18-25-24(17-22(23)21-39)30(35)26-19-28-29(20-27(26)31(25)36)34(42)38(33(28)41)16-14-12-10-8-6-4-2/h21H,3-20H2,1-2H3,(H,37,40). The quantitative estimate of drug-likeness (QED) is 0.110. The number of aldehydes is 1. The van der Waals surface area contributed by atoms with E-state index in [4.69, 9.17) is 0 Å². The monoisotopic (exact) mass is 702 g/mol. The number of nitrogens with one attached hydrogen (secondary N) is 1. The lowest BCUT2D eigenvalue weighted by Crippen LogP contribution is -2.32. The Bertz CT molecular complexity index is 1290. The Balaban J connectivity index is 1.46. The molecule has 8 heteroatoms. The molecular weight excluding hydrogens is 660 g/mol. The number of imide groups is 1. The Morgan fingerprint density at radius 3 is 1.74 bits per heavy atom. The molecule has 3 aliphatic rings. The number of unbranched alkanes of at least 4 members (excludes halogenated alkanes) is 10. The highest BCUT2D eigenvalue weighted by atomic mass is 79.9. The third kappa shape index (κ3) is 7.18. The first-order valence-electron chi connectivity index (χ1n) is 15.9. The second-order valence-corrected chi connectivity index (χ2v) is 13.5. The number of benzene rings is 1. The normalized spacial score (nSPS) is 16.1. The Morgan fingerprint density at radius 1 is 0.714 bits per heavy atom.